The molecule has 2 aromatic rings. The Morgan fingerprint density at radius 2 is 1.74 bits per heavy atom. The zero-order valence-corrected chi connectivity index (χ0v) is 11.5. The molecule has 1 heterocycles. The zero-order valence-electron chi connectivity index (χ0n) is 10.7. The first-order chi connectivity index (χ1) is 10.5. The number of amides is 1. The standard InChI is InChI=1S/C12H5F7N2OS/c13-7-2-1-5(3-6(7)11(14,15)16)9(22)21-10-20-8(4-23-10)12(17,18)19/h1-4H,(H,20,21,22). The normalized spacial score (nSPS) is 12.3. The van der Waals surface area contributed by atoms with Crippen molar-refractivity contribution in [2.75, 3.05) is 5.32 Å². The molecule has 3 nitrogen and oxygen atoms in total. The summed E-state index contributed by atoms with van der Waals surface area (Å²) in [5.41, 5.74) is -3.46. The topological polar surface area (TPSA) is 42.0 Å². The third kappa shape index (κ3) is 3.97. The van der Waals surface area contributed by atoms with Crippen LogP contribution in [0.5, 0.6) is 0 Å². The van der Waals surface area contributed by atoms with Crippen molar-refractivity contribution in [3.63, 3.8) is 0 Å². The summed E-state index contributed by atoms with van der Waals surface area (Å²) in [5, 5.41) is 2.12. The fourth-order valence-electron chi connectivity index (χ4n) is 1.51. The first kappa shape index (κ1) is 17.2. The monoisotopic (exact) mass is 358 g/mol. The lowest BCUT2D eigenvalue weighted by Crippen LogP contribution is -2.15. The van der Waals surface area contributed by atoms with Crippen molar-refractivity contribution >= 4 is 22.4 Å². The van der Waals surface area contributed by atoms with Gasteiger partial charge in [0.25, 0.3) is 5.91 Å². The number of hydrogen-bond acceptors (Lipinski definition) is 3. The van der Waals surface area contributed by atoms with Gasteiger partial charge in [0.1, 0.15) is 5.82 Å². The summed E-state index contributed by atoms with van der Waals surface area (Å²) in [6, 6.07) is 1.49. The second-order valence-corrected chi connectivity index (χ2v) is 5.04. The van der Waals surface area contributed by atoms with E-state index in [1.807, 2.05) is 5.32 Å². The number of alkyl halides is 6. The van der Waals surface area contributed by atoms with E-state index in [-0.39, 0.29) is 6.07 Å². The van der Waals surface area contributed by atoms with Crippen LogP contribution < -0.4 is 5.32 Å². The number of rotatable bonds is 2. The van der Waals surface area contributed by atoms with Gasteiger partial charge in [-0.1, -0.05) is 0 Å². The number of carbonyl (C=O) groups is 1. The van der Waals surface area contributed by atoms with E-state index >= 15 is 0 Å². The van der Waals surface area contributed by atoms with Crippen LogP contribution in [-0.4, -0.2) is 10.9 Å². The molecule has 2 rings (SSSR count). The molecule has 0 saturated carbocycles. The van der Waals surface area contributed by atoms with Crippen LogP contribution in [0.4, 0.5) is 35.9 Å². The molecule has 0 atom stereocenters. The average Bonchev–Trinajstić information content (AvgIpc) is 2.86. The summed E-state index contributed by atoms with van der Waals surface area (Å²) in [5.74, 6) is -2.71. The number of thiazole rings is 1. The summed E-state index contributed by atoms with van der Waals surface area (Å²) in [6.07, 6.45) is -9.72. The van der Waals surface area contributed by atoms with Gasteiger partial charge in [0, 0.05) is 10.9 Å². The Hall–Kier alpha value is -2.17. The van der Waals surface area contributed by atoms with Crippen molar-refractivity contribution in [2.24, 2.45) is 0 Å². The number of hydrogen-bond donors (Lipinski definition) is 1. The highest BCUT2D eigenvalue weighted by Crippen LogP contribution is 2.33. The molecule has 23 heavy (non-hydrogen) atoms. The van der Waals surface area contributed by atoms with Crippen LogP contribution in [0, 0.1) is 5.82 Å². The molecule has 11 heteroatoms. The van der Waals surface area contributed by atoms with E-state index in [1.54, 1.807) is 0 Å². The highest BCUT2D eigenvalue weighted by molar-refractivity contribution is 7.14. The quantitative estimate of drug-likeness (QED) is 0.799. The lowest BCUT2D eigenvalue weighted by Gasteiger charge is -2.09. The highest BCUT2D eigenvalue weighted by atomic mass is 32.1. The smallest absolute Gasteiger partial charge is 0.298 e. The van der Waals surface area contributed by atoms with Crippen molar-refractivity contribution in [3.05, 3.63) is 46.2 Å². The summed E-state index contributed by atoms with van der Waals surface area (Å²) >= 11 is 0.453. The molecule has 0 aliphatic rings. The molecule has 1 N–H and O–H groups in total. The summed E-state index contributed by atoms with van der Waals surface area (Å²) in [4.78, 5) is 14.8. The van der Waals surface area contributed by atoms with Crippen molar-refractivity contribution < 1.29 is 35.5 Å². The highest BCUT2D eigenvalue weighted by Gasteiger charge is 2.35. The molecule has 0 saturated heterocycles. The van der Waals surface area contributed by atoms with Gasteiger partial charge in [-0.3, -0.25) is 10.1 Å². The molecule has 0 radical (unpaired) electrons. The van der Waals surface area contributed by atoms with Crippen molar-refractivity contribution in [1.29, 1.82) is 0 Å². The van der Waals surface area contributed by atoms with E-state index in [2.05, 4.69) is 4.98 Å². The lowest BCUT2D eigenvalue weighted by atomic mass is 10.1. The minimum absolute atomic E-state index is 0.267. The van der Waals surface area contributed by atoms with E-state index in [9.17, 15) is 35.5 Å². The van der Waals surface area contributed by atoms with Crippen LogP contribution in [0.25, 0.3) is 0 Å². The van der Waals surface area contributed by atoms with Crippen LogP contribution in [0.1, 0.15) is 21.6 Å². The third-order valence-electron chi connectivity index (χ3n) is 2.55. The van der Waals surface area contributed by atoms with Crippen molar-refractivity contribution in [1.82, 2.24) is 4.98 Å². The number of anilines is 1. The van der Waals surface area contributed by atoms with Crippen molar-refractivity contribution in [2.45, 2.75) is 12.4 Å². The molecule has 1 aromatic carbocycles. The summed E-state index contributed by atoms with van der Waals surface area (Å²) in [6.45, 7) is 0. The van der Waals surface area contributed by atoms with Gasteiger partial charge in [-0.25, -0.2) is 9.37 Å². The van der Waals surface area contributed by atoms with Gasteiger partial charge in [-0.15, -0.1) is 11.3 Å². The van der Waals surface area contributed by atoms with Gasteiger partial charge in [0.05, 0.1) is 5.56 Å². The predicted octanol–water partition coefficient (Wildman–Crippen LogP) is 4.57. The maximum atomic E-state index is 13.1. The molecule has 0 aliphatic heterocycles. The van der Waals surface area contributed by atoms with Gasteiger partial charge in [0.2, 0.25) is 0 Å². The number of nitrogens with zero attached hydrogens (tertiary/aromatic N) is 1. The van der Waals surface area contributed by atoms with E-state index in [1.165, 1.54) is 0 Å². The Morgan fingerprint density at radius 3 is 2.26 bits per heavy atom. The Labute approximate surface area is 127 Å². The number of halogens is 7. The van der Waals surface area contributed by atoms with Crippen LogP contribution in [0.2, 0.25) is 0 Å². The summed E-state index contributed by atoms with van der Waals surface area (Å²) < 4.78 is 87.8. The number of carbonyl (C=O) groups excluding carboxylic acids is 1. The first-order valence-corrected chi connectivity index (χ1v) is 6.57. The minimum Gasteiger partial charge on any atom is -0.298 e. The second kappa shape index (κ2) is 5.80. The largest absolute Gasteiger partial charge is 0.434 e. The van der Waals surface area contributed by atoms with Gasteiger partial charge >= 0.3 is 12.4 Å². The van der Waals surface area contributed by atoms with E-state index in [4.69, 9.17) is 0 Å². The van der Waals surface area contributed by atoms with Crippen LogP contribution in [0.3, 0.4) is 0 Å². The fourth-order valence-corrected chi connectivity index (χ4v) is 2.23. The molecular weight excluding hydrogens is 353 g/mol. The third-order valence-corrected chi connectivity index (χ3v) is 3.31. The average molecular weight is 358 g/mol. The van der Waals surface area contributed by atoms with Crippen LogP contribution >= 0.6 is 11.3 Å². The minimum atomic E-state index is -5.01. The Morgan fingerprint density at radius 1 is 1.09 bits per heavy atom. The van der Waals surface area contributed by atoms with Gasteiger partial charge in [-0.2, -0.15) is 26.3 Å². The second-order valence-electron chi connectivity index (χ2n) is 4.18. The predicted molar refractivity (Wildman–Crippen MR) is 66.5 cm³/mol. The maximum Gasteiger partial charge on any atom is 0.434 e. The van der Waals surface area contributed by atoms with Crippen molar-refractivity contribution in [3.8, 4) is 0 Å². The fraction of sp³-hybridized carbons (Fsp3) is 0.167. The maximum absolute atomic E-state index is 13.1. The molecule has 0 spiro atoms. The number of benzene rings is 1. The van der Waals surface area contributed by atoms with E-state index < -0.39 is 46.0 Å². The van der Waals surface area contributed by atoms with Crippen LogP contribution in [0.15, 0.2) is 23.6 Å². The zero-order chi connectivity index (χ0) is 17.4. The Balaban J connectivity index is 2.23. The van der Waals surface area contributed by atoms with E-state index in [0.717, 1.165) is 6.07 Å². The molecule has 0 bridgehead atoms. The molecule has 1 amide bonds. The Kier molecular flexibility index (Phi) is 4.33. The van der Waals surface area contributed by atoms with Gasteiger partial charge < -0.3 is 0 Å². The summed E-state index contributed by atoms with van der Waals surface area (Å²) in [7, 11) is 0. The van der Waals surface area contributed by atoms with Crippen LogP contribution in [-0.2, 0) is 12.4 Å². The Bertz CT molecular complexity index is 736. The SMILES string of the molecule is O=C(Nc1nc(C(F)(F)F)cs1)c1ccc(F)c(C(F)(F)F)c1. The van der Waals surface area contributed by atoms with Gasteiger partial charge in [0.15, 0.2) is 10.8 Å². The van der Waals surface area contributed by atoms with E-state index in [0.29, 0.717) is 22.8 Å². The molecular formula is C12H5F7N2OS. The molecule has 0 unspecified atom stereocenters. The number of nitrogens with one attached hydrogen (secondary N) is 1. The lowest BCUT2D eigenvalue weighted by molar-refractivity contribution is -0.141. The molecule has 124 valence electrons. The van der Waals surface area contributed by atoms with Gasteiger partial charge in [-0.05, 0) is 18.2 Å². The number of aromatic nitrogens is 1. The molecule has 1 aromatic heterocycles. The molecule has 0 fully saturated rings. The molecule has 0 aliphatic carbocycles. The first-order valence-electron chi connectivity index (χ1n) is 5.69.